The number of ether oxygens (including phenoxy) is 2. The molecule has 1 aromatic heterocycles. The number of aryl methyl sites for hydroxylation is 1. The van der Waals surface area contributed by atoms with Gasteiger partial charge in [-0.3, -0.25) is 4.79 Å². The first-order valence-electron chi connectivity index (χ1n) is 10.2. The lowest BCUT2D eigenvalue weighted by molar-refractivity contribution is -0.137. The summed E-state index contributed by atoms with van der Waals surface area (Å²) < 4.78 is 52.2. The number of thioether (sulfide) groups is 1. The number of hydrogen-bond donors (Lipinski definition) is 1. The number of carbonyl (C=O) groups excluding carboxylic acids is 1. The lowest BCUT2D eigenvalue weighted by atomic mass is 10.1. The number of rotatable bonds is 8. The number of imidazole rings is 1. The van der Waals surface area contributed by atoms with Gasteiger partial charge in [-0.05, 0) is 32.0 Å². The van der Waals surface area contributed by atoms with Crippen molar-refractivity contribution in [3.8, 4) is 0 Å². The minimum Gasteiger partial charge on any atom is -0.383 e. The molecular weight excluding hydrogens is 445 g/mol. The van der Waals surface area contributed by atoms with Crippen molar-refractivity contribution in [1.29, 1.82) is 0 Å². The average Bonchev–Trinajstić information content (AvgIpc) is 3.03. The first-order chi connectivity index (χ1) is 15.2. The van der Waals surface area contributed by atoms with Crippen LogP contribution < -0.4 is 10.2 Å². The van der Waals surface area contributed by atoms with Crippen molar-refractivity contribution in [3.63, 3.8) is 0 Å². The summed E-state index contributed by atoms with van der Waals surface area (Å²) in [5.41, 5.74) is 1.73. The van der Waals surface area contributed by atoms with E-state index in [9.17, 15) is 18.0 Å². The number of methoxy groups -OCH3 is 1. The summed E-state index contributed by atoms with van der Waals surface area (Å²) in [6.45, 7) is 6.97. The van der Waals surface area contributed by atoms with E-state index in [4.69, 9.17) is 9.47 Å². The zero-order chi connectivity index (χ0) is 23.3. The summed E-state index contributed by atoms with van der Waals surface area (Å²) in [6.07, 6.45) is -4.50. The molecule has 0 aliphatic carbocycles. The molecule has 2 aromatic rings. The van der Waals surface area contributed by atoms with Crippen molar-refractivity contribution in [3.05, 3.63) is 35.2 Å². The van der Waals surface area contributed by atoms with Crippen molar-refractivity contribution in [2.24, 2.45) is 0 Å². The number of morpholine rings is 1. The van der Waals surface area contributed by atoms with Crippen molar-refractivity contribution in [1.82, 2.24) is 9.55 Å². The van der Waals surface area contributed by atoms with Crippen LogP contribution in [-0.2, 0) is 27.0 Å². The lowest BCUT2D eigenvalue weighted by Crippen LogP contribution is -2.37. The molecule has 1 amide bonds. The molecule has 32 heavy (non-hydrogen) atoms. The molecule has 3 rings (SSSR count). The molecule has 0 atom stereocenters. The van der Waals surface area contributed by atoms with Crippen LogP contribution in [0.15, 0.2) is 23.4 Å². The largest absolute Gasteiger partial charge is 0.416 e. The highest BCUT2D eigenvalue weighted by Crippen LogP contribution is 2.36. The maximum Gasteiger partial charge on any atom is 0.416 e. The molecule has 7 nitrogen and oxygen atoms in total. The van der Waals surface area contributed by atoms with E-state index < -0.39 is 17.6 Å². The Labute approximate surface area is 189 Å². The average molecular weight is 473 g/mol. The van der Waals surface area contributed by atoms with Gasteiger partial charge in [0, 0.05) is 32.4 Å². The number of amides is 1. The van der Waals surface area contributed by atoms with E-state index in [2.05, 4.69) is 10.3 Å². The molecule has 0 unspecified atom stereocenters. The van der Waals surface area contributed by atoms with E-state index in [0.29, 0.717) is 50.3 Å². The van der Waals surface area contributed by atoms with Crippen LogP contribution in [0.2, 0.25) is 0 Å². The Morgan fingerprint density at radius 2 is 2.00 bits per heavy atom. The van der Waals surface area contributed by atoms with Crippen molar-refractivity contribution in [2.45, 2.75) is 31.7 Å². The zero-order valence-corrected chi connectivity index (χ0v) is 19.1. The smallest absolute Gasteiger partial charge is 0.383 e. The van der Waals surface area contributed by atoms with Crippen LogP contribution in [0.25, 0.3) is 0 Å². The minimum atomic E-state index is -4.50. The molecule has 1 N–H and O–H groups in total. The number of hydrogen-bond acceptors (Lipinski definition) is 6. The number of nitrogens with one attached hydrogen (secondary N) is 1. The molecule has 1 saturated heterocycles. The summed E-state index contributed by atoms with van der Waals surface area (Å²) in [6, 6.07) is 3.43. The fraction of sp³-hybridized carbons (Fsp3) is 0.524. The third-order valence-electron chi connectivity index (χ3n) is 5.22. The van der Waals surface area contributed by atoms with Gasteiger partial charge in [-0.25, -0.2) is 4.98 Å². The molecule has 176 valence electrons. The lowest BCUT2D eigenvalue weighted by Gasteiger charge is -2.31. The molecule has 11 heteroatoms. The number of alkyl halides is 3. The van der Waals surface area contributed by atoms with Gasteiger partial charge in [0.25, 0.3) is 0 Å². The second-order valence-electron chi connectivity index (χ2n) is 7.38. The van der Waals surface area contributed by atoms with E-state index >= 15 is 0 Å². The standard InChI is InChI=1S/C21H27F3N4O3S/c1-14-15(2)28(8-9-30-3)20(25-14)32-13-19(29)26-17-12-16(21(22,23)24)4-5-18(17)27-6-10-31-11-7-27/h4-5,12H,6-11,13H2,1-3H3,(H,26,29). The highest BCUT2D eigenvalue weighted by Gasteiger charge is 2.32. The van der Waals surface area contributed by atoms with Gasteiger partial charge in [0.2, 0.25) is 5.91 Å². The Kier molecular flexibility index (Phi) is 8.07. The number of carbonyl (C=O) groups is 1. The molecule has 0 spiro atoms. The highest BCUT2D eigenvalue weighted by molar-refractivity contribution is 7.99. The monoisotopic (exact) mass is 472 g/mol. The number of halogens is 3. The van der Waals surface area contributed by atoms with Gasteiger partial charge in [0.15, 0.2) is 5.16 Å². The fourth-order valence-electron chi connectivity index (χ4n) is 3.39. The SMILES string of the molecule is COCCn1c(SCC(=O)Nc2cc(C(F)(F)F)ccc2N2CCOCC2)nc(C)c1C. The van der Waals surface area contributed by atoms with E-state index in [1.54, 1.807) is 7.11 Å². The normalized spacial score (nSPS) is 14.6. The quantitative estimate of drug-likeness (QED) is 0.591. The highest BCUT2D eigenvalue weighted by atomic mass is 32.2. The molecule has 1 aliphatic heterocycles. The maximum absolute atomic E-state index is 13.3. The molecule has 2 heterocycles. The van der Waals surface area contributed by atoms with Crippen LogP contribution in [0.3, 0.4) is 0 Å². The van der Waals surface area contributed by atoms with Gasteiger partial charge >= 0.3 is 6.18 Å². The summed E-state index contributed by atoms with van der Waals surface area (Å²) >= 11 is 1.24. The molecule has 0 radical (unpaired) electrons. The Balaban J connectivity index is 1.76. The van der Waals surface area contributed by atoms with Gasteiger partial charge in [-0.15, -0.1) is 0 Å². The molecule has 1 aliphatic rings. The fourth-order valence-corrected chi connectivity index (χ4v) is 4.31. The molecule has 0 saturated carbocycles. The molecule has 1 fully saturated rings. The van der Waals surface area contributed by atoms with E-state index in [1.807, 2.05) is 23.3 Å². The summed E-state index contributed by atoms with van der Waals surface area (Å²) in [7, 11) is 1.61. The first kappa shape index (κ1) is 24.4. The van der Waals surface area contributed by atoms with Gasteiger partial charge in [-0.1, -0.05) is 11.8 Å². The number of aromatic nitrogens is 2. The second-order valence-corrected chi connectivity index (χ2v) is 8.32. The molecule has 1 aromatic carbocycles. The first-order valence-corrected chi connectivity index (χ1v) is 11.2. The second kappa shape index (κ2) is 10.6. The maximum atomic E-state index is 13.3. The number of benzene rings is 1. The Hall–Kier alpha value is -2.24. The van der Waals surface area contributed by atoms with Crippen LogP contribution in [0.1, 0.15) is 17.0 Å². The number of anilines is 2. The predicted molar refractivity (Wildman–Crippen MR) is 117 cm³/mol. The van der Waals surface area contributed by atoms with Crippen molar-refractivity contribution in [2.75, 3.05) is 56.0 Å². The minimum absolute atomic E-state index is 0.0155. The Morgan fingerprint density at radius 1 is 1.28 bits per heavy atom. The van der Waals surface area contributed by atoms with Crippen LogP contribution in [0, 0.1) is 13.8 Å². The summed E-state index contributed by atoms with van der Waals surface area (Å²) in [5.74, 6) is -0.387. The van der Waals surface area contributed by atoms with Crippen LogP contribution in [0.4, 0.5) is 24.5 Å². The van der Waals surface area contributed by atoms with Crippen LogP contribution >= 0.6 is 11.8 Å². The molecule has 0 bridgehead atoms. The van der Waals surface area contributed by atoms with Gasteiger partial charge in [0.1, 0.15) is 0 Å². The summed E-state index contributed by atoms with van der Waals surface area (Å²) in [4.78, 5) is 19.1. The molecular formula is C21H27F3N4O3S. The number of nitrogens with zero attached hydrogens (tertiary/aromatic N) is 3. The van der Waals surface area contributed by atoms with E-state index in [-0.39, 0.29) is 11.4 Å². The van der Waals surface area contributed by atoms with Gasteiger partial charge < -0.3 is 24.3 Å². The van der Waals surface area contributed by atoms with Crippen molar-refractivity contribution >= 4 is 29.0 Å². The van der Waals surface area contributed by atoms with E-state index in [1.165, 1.54) is 17.8 Å². The Bertz CT molecular complexity index is 943. The Morgan fingerprint density at radius 3 is 2.66 bits per heavy atom. The predicted octanol–water partition coefficient (Wildman–Crippen LogP) is 3.73. The topological polar surface area (TPSA) is 68.6 Å². The third kappa shape index (κ3) is 5.96. The third-order valence-corrected chi connectivity index (χ3v) is 6.20. The summed E-state index contributed by atoms with van der Waals surface area (Å²) in [5, 5.41) is 3.34. The van der Waals surface area contributed by atoms with Crippen LogP contribution in [0.5, 0.6) is 0 Å². The van der Waals surface area contributed by atoms with Crippen molar-refractivity contribution < 1.29 is 27.4 Å². The van der Waals surface area contributed by atoms with Gasteiger partial charge in [-0.2, -0.15) is 13.2 Å². The zero-order valence-electron chi connectivity index (χ0n) is 18.3. The van der Waals surface area contributed by atoms with Gasteiger partial charge in [0.05, 0.1) is 48.2 Å². The van der Waals surface area contributed by atoms with E-state index in [0.717, 1.165) is 23.5 Å². The van der Waals surface area contributed by atoms with Crippen LogP contribution in [-0.4, -0.2) is 61.2 Å².